The molecule has 12 aliphatic rings. The lowest BCUT2D eigenvalue weighted by molar-refractivity contribution is -0.657. The van der Waals surface area contributed by atoms with Crippen LogP contribution in [0, 0.1) is 11.8 Å². The Kier molecular flexibility index (Phi) is 25.9. The van der Waals surface area contributed by atoms with Crippen LogP contribution in [0.1, 0.15) is 210 Å². The number of aromatic hydroxyl groups is 1. The molecule has 0 radical (unpaired) electrons. The summed E-state index contributed by atoms with van der Waals surface area (Å²) in [5.41, 5.74) is 17.8. The normalized spacial score (nSPS) is 18.9. The zero-order valence-corrected chi connectivity index (χ0v) is 82.4. The fourth-order valence-corrected chi connectivity index (χ4v) is 23.2. The van der Waals surface area contributed by atoms with Crippen molar-refractivity contribution in [1.29, 1.82) is 0 Å². The van der Waals surface area contributed by atoms with E-state index in [1.165, 1.54) is 50.2 Å². The second-order valence-electron chi connectivity index (χ2n) is 37.8. The average Bonchev–Trinajstić information content (AvgIpc) is 1.57. The number of aromatic nitrogens is 10. The van der Waals surface area contributed by atoms with E-state index < -0.39 is 5.91 Å². The van der Waals surface area contributed by atoms with E-state index in [0.717, 1.165) is 161 Å². The largest absolute Gasteiger partial charge is 0.506 e. The van der Waals surface area contributed by atoms with Gasteiger partial charge >= 0.3 is 17.5 Å². The minimum absolute atomic E-state index is 0.0265. The molecule has 0 saturated heterocycles. The van der Waals surface area contributed by atoms with Crippen molar-refractivity contribution in [3.63, 3.8) is 0 Å². The molecule has 7 aromatic carbocycles. The summed E-state index contributed by atoms with van der Waals surface area (Å²) < 4.78 is 29.0. The highest BCUT2D eigenvalue weighted by Crippen LogP contribution is 2.46. The van der Waals surface area contributed by atoms with Crippen molar-refractivity contribution in [1.82, 2.24) is 57.5 Å². The van der Waals surface area contributed by atoms with Gasteiger partial charge in [-0.25, -0.2) is 38.6 Å². The molecule has 14 heterocycles. The van der Waals surface area contributed by atoms with E-state index in [9.17, 15) is 33.9 Å². The molecular formula is C106H110BrCl2N22O10+. The number of nitrogens with one attached hydrogen (secondary N) is 2. The number of phenols is 1. The second-order valence-corrected chi connectivity index (χ2v) is 39.5. The van der Waals surface area contributed by atoms with Gasteiger partial charge in [-0.2, -0.15) is 9.97 Å². The molecule has 0 unspecified atom stereocenters. The van der Waals surface area contributed by atoms with Gasteiger partial charge in [-0.3, -0.25) is 68.1 Å². The van der Waals surface area contributed by atoms with Gasteiger partial charge in [-0.05, 0) is 213 Å². The number of carbonyl (C=O) groups excluding carboxylic acids is 5. The standard InChI is InChI=1S/C30H29N5O3.C26H25BrN6O3.C25H31ClN6O2.C25H24ClN5O2/c1-3-33-28(37)26-27(35-20-30(32-29(33)35)17-7-8-18-30)34(19-23-11-14-24(15-12-23)38-21(2)36)25(31-26)16-13-22-9-5-4-6-10-22;1-2-31-25(35)20-23(33-14-18(29-26(31)33)11-15-6-4-3-5-7-15)30-24(22(28)34)32(20)13-16-10-17-8-9-36-21(17)19(27)12-16;1-2-30-23(34)21-22(32-19-10-6-9-18(19)28-25(30)32)29-24(27-16-7-4-3-5-8-16)31(21)14-15-11-12-20(33)17(26)13-15;1-2-30-24(32)21-23(31-14-19(28-25(30)31)11-16-6-4-3-5-7-16)27-15-29(21)13-17-10-18-8-9-33-22(18)20(26)12-17/h4-6,9-12,14-15H,3,7-8,17-20H2,1-2H3;3-7,10,12,18H,2,8-9,11,13-14H2,1H3,(H2,28,34);11-13,16,18-19,33H,2-10,14H2,1H3,(H,27,29);3-7,10,12,15,19H,2,8-9,11,13-14H2,1H3/p+1/t;18-;18-,19+;19-/m.111/s1. The van der Waals surface area contributed by atoms with Crippen LogP contribution in [-0.4, -0.2) is 192 Å². The molecule has 3 saturated carbocycles. The number of hydrogen-bond acceptors (Lipinski definition) is 22. The van der Waals surface area contributed by atoms with E-state index in [4.69, 9.17) is 68.1 Å². The van der Waals surface area contributed by atoms with Gasteiger partial charge in [0.1, 0.15) is 28.5 Å². The van der Waals surface area contributed by atoms with Crippen LogP contribution in [0.3, 0.4) is 0 Å². The van der Waals surface area contributed by atoms with Crippen molar-refractivity contribution in [2.24, 2.45) is 20.7 Å². The quantitative estimate of drug-likeness (QED) is 0.0238. The number of nitrogens with two attached hydrogens (primary N) is 1. The maximum atomic E-state index is 13.8. The maximum Gasteiger partial charge on any atom is 0.327 e. The number of hydrogen-bond donors (Lipinski definition) is 4. The summed E-state index contributed by atoms with van der Waals surface area (Å²) in [6, 6.07) is 51.8. The molecule has 12 aromatic rings. The third-order valence-electron chi connectivity index (χ3n) is 28.5. The van der Waals surface area contributed by atoms with Crippen molar-refractivity contribution < 1.29 is 47.9 Å². The van der Waals surface area contributed by atoms with Crippen LogP contribution in [0.5, 0.6) is 23.0 Å². The number of anilines is 5. The topological polar surface area (TPSA) is 337 Å². The van der Waals surface area contributed by atoms with E-state index in [2.05, 4.69) is 93.1 Å². The number of phenolic OH excluding ortho intramolecular Hbond substituents is 1. The van der Waals surface area contributed by atoms with Gasteiger partial charge in [0.05, 0.1) is 104 Å². The Morgan fingerprint density at radius 3 is 1.83 bits per heavy atom. The molecule has 5 aromatic heterocycles. The van der Waals surface area contributed by atoms with Crippen LogP contribution in [0.25, 0.3) is 11.2 Å². The Labute approximate surface area is 834 Å². The summed E-state index contributed by atoms with van der Waals surface area (Å²) in [5.74, 6) is 13.3. The van der Waals surface area contributed by atoms with Gasteiger partial charge in [-0.1, -0.05) is 158 Å². The summed E-state index contributed by atoms with van der Waals surface area (Å²) in [6.45, 7) is 16.5. The van der Waals surface area contributed by atoms with Crippen LogP contribution in [-0.2, 0) is 69.7 Å². The number of primary amides is 1. The molecule has 3 fully saturated rings. The molecule has 724 valence electrons. The minimum atomic E-state index is -0.678. The molecule has 4 amide bonds. The molecule has 141 heavy (non-hydrogen) atoms. The number of nitrogens with zero attached hydrogens (tertiary/aromatic N) is 19. The van der Waals surface area contributed by atoms with E-state index in [1.807, 2.05) is 149 Å². The molecule has 4 atom stereocenters. The first kappa shape index (κ1) is 93.2. The third kappa shape index (κ3) is 18.0. The Balaban J connectivity index is 0.000000112. The number of aliphatic imine (C=N–C) groups is 3. The van der Waals surface area contributed by atoms with Crippen molar-refractivity contribution in [3.8, 4) is 34.8 Å². The van der Waals surface area contributed by atoms with Gasteiger partial charge in [0.2, 0.25) is 46.6 Å². The SMILES string of the molecule is CCN1C(=O)c2c(nc(C(N)=O)n2Cc2cc(Br)c3c(c2)CCO3)N2C[C@@H](Cc3ccccc3)N=C12.CCN1C(=O)c2c(nc(NC3CCCCC3)n2Cc2ccc(O)c(Cl)c2)N2C1=N[C@@H]1CCC[C@@H]12.CCN1C(=O)c2c(ncn2Cc2cc(Cl)c3c(c2)CCO3)N2C[C@@H](Cc3ccccc3)N=C12.CCn1c2[n+](c3c(nc(C#Cc4ccccc4)n3Cc3ccc(OC(C)=O)cc3)c1=O)CC1(CCCC1)N2. The van der Waals surface area contributed by atoms with Crippen LogP contribution in [0.2, 0.25) is 10.0 Å². The zero-order valence-electron chi connectivity index (χ0n) is 79.3. The van der Waals surface area contributed by atoms with E-state index in [1.54, 1.807) is 54.4 Å². The number of esters is 1. The molecule has 0 bridgehead atoms. The van der Waals surface area contributed by atoms with Crippen LogP contribution < -0.4 is 55.4 Å². The highest BCUT2D eigenvalue weighted by molar-refractivity contribution is 9.10. The Hall–Kier alpha value is -14.1. The average molecular weight is 2000 g/mol. The number of carbonyl (C=O) groups is 5. The van der Waals surface area contributed by atoms with Crippen molar-refractivity contribution in [2.45, 2.75) is 212 Å². The number of fused-ring (bicyclic) bond motifs is 16. The third-order valence-corrected chi connectivity index (χ3v) is 29.7. The lowest BCUT2D eigenvalue weighted by atomic mass is 9.96. The van der Waals surface area contributed by atoms with Gasteiger partial charge < -0.3 is 39.5 Å². The number of guanidine groups is 3. The zero-order chi connectivity index (χ0) is 97.2. The number of ether oxygens (including phenoxy) is 3. The number of benzene rings is 7. The van der Waals surface area contributed by atoms with Crippen molar-refractivity contribution >= 4 is 127 Å². The first-order valence-corrected chi connectivity index (χ1v) is 50.6. The number of rotatable bonds is 20. The Morgan fingerprint density at radius 1 is 0.589 bits per heavy atom. The Bertz CT molecular complexity index is 7170. The fraction of sp³-hybridized carbons (Fsp3) is 0.377. The van der Waals surface area contributed by atoms with Crippen molar-refractivity contribution in [3.05, 3.63) is 268 Å². The second kappa shape index (κ2) is 39.2. The molecule has 9 aliphatic heterocycles. The summed E-state index contributed by atoms with van der Waals surface area (Å²) in [7, 11) is 0. The maximum absolute atomic E-state index is 13.8. The minimum Gasteiger partial charge on any atom is -0.506 e. The molecule has 35 heteroatoms. The fourth-order valence-electron chi connectivity index (χ4n) is 22.0. The van der Waals surface area contributed by atoms with E-state index >= 15 is 0 Å². The molecule has 3 aliphatic carbocycles. The highest BCUT2D eigenvalue weighted by atomic mass is 79.9. The van der Waals surface area contributed by atoms with E-state index in [-0.39, 0.29) is 77.1 Å². The molecule has 32 nitrogen and oxygen atoms in total. The predicted molar refractivity (Wildman–Crippen MR) is 543 cm³/mol. The summed E-state index contributed by atoms with van der Waals surface area (Å²) in [6.07, 6.45) is 18.7. The summed E-state index contributed by atoms with van der Waals surface area (Å²) in [4.78, 5) is 124. The highest BCUT2D eigenvalue weighted by Gasteiger charge is 2.52. The van der Waals surface area contributed by atoms with Gasteiger partial charge in [0.25, 0.3) is 23.6 Å². The van der Waals surface area contributed by atoms with Crippen LogP contribution >= 0.6 is 39.1 Å². The van der Waals surface area contributed by atoms with Crippen LogP contribution in [0.15, 0.2) is 188 Å². The number of imidazole rings is 4. The monoisotopic (exact) mass is 2000 g/mol. The van der Waals surface area contributed by atoms with Gasteiger partial charge in [0, 0.05) is 57.5 Å². The lowest BCUT2D eigenvalue weighted by Gasteiger charge is -2.35. The van der Waals surface area contributed by atoms with E-state index in [0.29, 0.717) is 146 Å². The van der Waals surface area contributed by atoms with Gasteiger partial charge in [0.15, 0.2) is 34.5 Å². The number of halogens is 3. The summed E-state index contributed by atoms with van der Waals surface area (Å²) in [5, 5.41) is 18.2. The van der Waals surface area contributed by atoms with Crippen molar-refractivity contribution in [2.75, 3.05) is 71.3 Å². The molecular weight excluding hydrogens is 1890 g/mol. The first-order chi connectivity index (χ1) is 68.6. The number of amides is 4. The predicted octanol–water partition coefficient (Wildman–Crippen LogP) is 15.0. The molecule has 5 N–H and O–H groups in total. The molecule has 1 spiro atoms. The van der Waals surface area contributed by atoms with Gasteiger partial charge in [-0.15, -0.1) is 0 Å². The first-order valence-electron chi connectivity index (χ1n) is 49.1. The molecule has 24 rings (SSSR count). The lowest BCUT2D eigenvalue weighted by Crippen LogP contribution is -2.53. The smallest absolute Gasteiger partial charge is 0.327 e. The van der Waals surface area contributed by atoms with Crippen LogP contribution in [0.4, 0.5) is 29.4 Å². The summed E-state index contributed by atoms with van der Waals surface area (Å²) >= 11 is 16.2. The Morgan fingerprint density at radius 2 is 1.18 bits per heavy atom.